The van der Waals surface area contributed by atoms with Crippen LogP contribution < -0.4 is 5.32 Å². The summed E-state index contributed by atoms with van der Waals surface area (Å²) in [6.45, 7) is 5.93. The van der Waals surface area contributed by atoms with Gasteiger partial charge in [-0.25, -0.2) is 9.97 Å². The third-order valence-corrected chi connectivity index (χ3v) is 5.44. The number of benzene rings is 1. The molecule has 1 aromatic carbocycles. The molecule has 0 spiro atoms. The highest BCUT2D eigenvalue weighted by Gasteiger charge is 2.27. The molecule has 1 atom stereocenters. The van der Waals surface area contributed by atoms with E-state index in [1.165, 1.54) is 11.9 Å². The third kappa shape index (κ3) is 4.36. The lowest BCUT2D eigenvalue weighted by atomic mass is 9.95. The van der Waals surface area contributed by atoms with E-state index in [2.05, 4.69) is 37.6 Å². The van der Waals surface area contributed by atoms with Crippen LogP contribution in [0.3, 0.4) is 0 Å². The van der Waals surface area contributed by atoms with E-state index < -0.39 is 0 Å². The zero-order chi connectivity index (χ0) is 21.3. The van der Waals surface area contributed by atoms with Crippen LogP contribution in [0.1, 0.15) is 73.7 Å². The largest absolute Gasteiger partial charge is 0.341 e. The van der Waals surface area contributed by atoms with Crippen molar-refractivity contribution in [2.75, 3.05) is 0 Å². The van der Waals surface area contributed by atoms with Crippen LogP contribution in [-0.4, -0.2) is 26.0 Å². The Bertz CT molecular complexity index is 1070. The molecule has 4 rings (SSSR count). The van der Waals surface area contributed by atoms with Gasteiger partial charge in [0, 0.05) is 17.0 Å². The molecule has 0 aliphatic heterocycles. The van der Waals surface area contributed by atoms with Crippen molar-refractivity contribution in [3.8, 4) is 11.3 Å². The van der Waals surface area contributed by atoms with Gasteiger partial charge in [-0.3, -0.25) is 4.79 Å². The summed E-state index contributed by atoms with van der Waals surface area (Å²) in [5.41, 5.74) is 3.79. The molecule has 1 aliphatic carbocycles. The average Bonchev–Trinajstić information content (AvgIpc) is 3.13. The molecule has 0 saturated heterocycles. The summed E-state index contributed by atoms with van der Waals surface area (Å²) < 4.78 is 5.20. The first-order valence-electron chi connectivity index (χ1n) is 10.1. The maximum Gasteiger partial charge on any atom is 0.315 e. The fourth-order valence-corrected chi connectivity index (χ4v) is 3.77. The van der Waals surface area contributed by atoms with Crippen molar-refractivity contribution in [2.45, 2.75) is 57.9 Å². The van der Waals surface area contributed by atoms with Gasteiger partial charge < -0.3 is 9.84 Å². The van der Waals surface area contributed by atoms with Crippen molar-refractivity contribution in [1.82, 2.24) is 25.4 Å². The van der Waals surface area contributed by atoms with Crippen molar-refractivity contribution in [3.05, 3.63) is 58.6 Å². The summed E-state index contributed by atoms with van der Waals surface area (Å²) in [5, 5.41) is 7.44. The lowest BCUT2D eigenvalue weighted by molar-refractivity contribution is 0.0890. The molecule has 30 heavy (non-hydrogen) atoms. The fraction of sp³-hybridized carbons (Fsp3) is 0.409. The SMILES string of the molecule is CC(C)(C)c1noc(C(=O)N[C@@H]2CCCCc3cc(-c4cc(Cl)ncn4)ccc32)n1. The molecular weight excluding hydrogens is 402 g/mol. The Morgan fingerprint density at radius 1 is 1.20 bits per heavy atom. The van der Waals surface area contributed by atoms with Crippen molar-refractivity contribution < 1.29 is 9.32 Å². The number of aryl methyl sites for hydroxylation is 1. The predicted molar refractivity (Wildman–Crippen MR) is 113 cm³/mol. The lowest BCUT2D eigenvalue weighted by Crippen LogP contribution is -2.29. The maximum atomic E-state index is 12.8. The number of carbonyl (C=O) groups is 1. The van der Waals surface area contributed by atoms with Crippen molar-refractivity contribution in [2.24, 2.45) is 0 Å². The minimum Gasteiger partial charge on any atom is -0.341 e. The van der Waals surface area contributed by atoms with Gasteiger partial charge in [0.25, 0.3) is 0 Å². The van der Waals surface area contributed by atoms with Crippen molar-refractivity contribution >= 4 is 17.5 Å². The molecule has 2 aromatic heterocycles. The van der Waals surface area contributed by atoms with E-state index in [0.717, 1.165) is 42.5 Å². The molecule has 0 unspecified atom stereocenters. The number of aromatic nitrogens is 4. The molecule has 2 heterocycles. The van der Waals surface area contributed by atoms with Gasteiger partial charge in [-0.15, -0.1) is 0 Å². The molecule has 0 radical (unpaired) electrons. The van der Waals surface area contributed by atoms with E-state index in [1.54, 1.807) is 6.07 Å². The number of amides is 1. The third-order valence-electron chi connectivity index (χ3n) is 5.23. The number of hydrogen-bond donors (Lipinski definition) is 1. The second kappa shape index (κ2) is 8.14. The highest BCUT2D eigenvalue weighted by Crippen LogP contribution is 2.32. The summed E-state index contributed by atoms with van der Waals surface area (Å²) >= 11 is 6.01. The van der Waals surface area contributed by atoms with Crippen LogP contribution in [0.2, 0.25) is 5.15 Å². The number of halogens is 1. The van der Waals surface area contributed by atoms with Gasteiger partial charge in [-0.2, -0.15) is 4.98 Å². The monoisotopic (exact) mass is 425 g/mol. The van der Waals surface area contributed by atoms with Gasteiger partial charge in [0.05, 0.1) is 11.7 Å². The number of nitrogens with one attached hydrogen (secondary N) is 1. The van der Waals surface area contributed by atoms with Gasteiger partial charge in [0.2, 0.25) is 0 Å². The summed E-state index contributed by atoms with van der Waals surface area (Å²) in [7, 11) is 0. The zero-order valence-electron chi connectivity index (χ0n) is 17.3. The Morgan fingerprint density at radius 2 is 2.03 bits per heavy atom. The van der Waals surface area contributed by atoms with Crippen LogP contribution >= 0.6 is 11.6 Å². The van der Waals surface area contributed by atoms with Crippen molar-refractivity contribution in [1.29, 1.82) is 0 Å². The van der Waals surface area contributed by atoms with E-state index in [0.29, 0.717) is 11.0 Å². The second-order valence-corrected chi connectivity index (χ2v) is 8.97. The van der Waals surface area contributed by atoms with Crippen LogP contribution in [0, 0.1) is 0 Å². The molecule has 1 amide bonds. The second-order valence-electron chi connectivity index (χ2n) is 8.58. The van der Waals surface area contributed by atoms with Gasteiger partial charge >= 0.3 is 11.8 Å². The van der Waals surface area contributed by atoms with E-state index in [-0.39, 0.29) is 23.3 Å². The number of hydrogen-bond acceptors (Lipinski definition) is 6. The van der Waals surface area contributed by atoms with Gasteiger partial charge in [-0.1, -0.05) is 56.1 Å². The smallest absolute Gasteiger partial charge is 0.315 e. The molecule has 156 valence electrons. The van der Waals surface area contributed by atoms with E-state index in [9.17, 15) is 4.79 Å². The van der Waals surface area contributed by atoms with Gasteiger partial charge in [0.1, 0.15) is 11.5 Å². The molecule has 3 aromatic rings. The Morgan fingerprint density at radius 3 is 2.77 bits per heavy atom. The van der Waals surface area contributed by atoms with Gasteiger partial charge in [-0.05, 0) is 36.5 Å². The number of fused-ring (bicyclic) bond motifs is 1. The van der Waals surface area contributed by atoms with Crippen LogP contribution in [0.15, 0.2) is 35.1 Å². The van der Waals surface area contributed by atoms with Crippen LogP contribution in [0.4, 0.5) is 0 Å². The lowest BCUT2D eigenvalue weighted by Gasteiger charge is -2.19. The Kier molecular flexibility index (Phi) is 5.56. The van der Waals surface area contributed by atoms with E-state index >= 15 is 0 Å². The predicted octanol–water partition coefficient (Wildman–Crippen LogP) is 4.68. The standard InChI is InChI=1S/C22H24ClN5O2/c1-22(2,3)21-27-20(30-28-21)19(29)26-16-7-5-4-6-13-10-14(8-9-15(13)16)17-11-18(23)25-12-24-17/h8-12,16H,4-7H2,1-3H3,(H,26,29)/t16-/m1/s1. The Labute approximate surface area is 180 Å². The minimum absolute atomic E-state index is 0.00188. The summed E-state index contributed by atoms with van der Waals surface area (Å²) in [6, 6.07) is 7.84. The number of carbonyl (C=O) groups excluding carboxylic acids is 1. The molecule has 8 heteroatoms. The first kappa shape index (κ1) is 20.5. The van der Waals surface area contributed by atoms with Crippen LogP contribution in [-0.2, 0) is 11.8 Å². The zero-order valence-corrected chi connectivity index (χ0v) is 18.0. The molecule has 1 N–H and O–H groups in total. The highest BCUT2D eigenvalue weighted by atomic mass is 35.5. The topological polar surface area (TPSA) is 93.8 Å². The number of rotatable bonds is 3. The maximum absolute atomic E-state index is 12.8. The first-order chi connectivity index (χ1) is 14.3. The van der Waals surface area contributed by atoms with Gasteiger partial charge in [0.15, 0.2) is 5.82 Å². The molecule has 1 aliphatic rings. The first-order valence-corrected chi connectivity index (χ1v) is 10.4. The Balaban J connectivity index is 1.58. The van der Waals surface area contributed by atoms with E-state index in [4.69, 9.17) is 16.1 Å². The quantitative estimate of drug-likeness (QED) is 0.483. The average molecular weight is 426 g/mol. The van der Waals surface area contributed by atoms with Crippen LogP contribution in [0.25, 0.3) is 11.3 Å². The highest BCUT2D eigenvalue weighted by molar-refractivity contribution is 6.29. The molecule has 0 bridgehead atoms. The summed E-state index contributed by atoms with van der Waals surface area (Å²) in [4.78, 5) is 25.3. The summed E-state index contributed by atoms with van der Waals surface area (Å²) in [5.74, 6) is 0.169. The normalized spacial score (nSPS) is 16.6. The molecular formula is C22H24ClN5O2. The molecule has 7 nitrogen and oxygen atoms in total. The molecule has 0 fully saturated rings. The van der Waals surface area contributed by atoms with E-state index in [1.807, 2.05) is 26.8 Å². The number of nitrogens with zero attached hydrogens (tertiary/aromatic N) is 4. The van der Waals surface area contributed by atoms with Crippen molar-refractivity contribution in [3.63, 3.8) is 0 Å². The summed E-state index contributed by atoms with van der Waals surface area (Å²) in [6.07, 6.45) is 5.34. The Hall–Kier alpha value is -2.80. The minimum atomic E-state index is -0.345. The fourth-order valence-electron chi connectivity index (χ4n) is 3.62. The van der Waals surface area contributed by atoms with Crippen LogP contribution in [0.5, 0.6) is 0 Å². The molecule has 0 saturated carbocycles.